The molecule has 2 aliphatic rings. The Hall–Kier alpha value is -4.08. The molecule has 40 heavy (non-hydrogen) atoms. The molecule has 2 aromatic carbocycles. The highest BCUT2D eigenvalue weighted by atomic mass is 35.5. The van der Waals surface area contributed by atoms with Gasteiger partial charge in [-0.25, -0.2) is 9.37 Å². The SMILES string of the molecule is COc1cc(Nc2cc(N3CCOc4cnc(-c5cc(Cl)ccc5F)cc43)ccn2)ccc1N1CCN(C)CC1. The lowest BCUT2D eigenvalue weighted by Gasteiger charge is -2.34. The number of halogens is 2. The molecule has 1 fully saturated rings. The number of ether oxygens (including phenoxy) is 2. The second-order valence-corrected chi connectivity index (χ2v) is 10.3. The molecule has 0 atom stereocenters. The number of hydrogen-bond donors (Lipinski definition) is 1. The number of piperazine rings is 1. The van der Waals surface area contributed by atoms with Crippen molar-refractivity contribution in [3.8, 4) is 22.8 Å². The molecule has 0 spiro atoms. The molecule has 4 heterocycles. The summed E-state index contributed by atoms with van der Waals surface area (Å²) >= 11 is 6.14. The molecular weight excluding hydrogens is 531 g/mol. The van der Waals surface area contributed by atoms with Crippen molar-refractivity contribution in [3.05, 3.63) is 77.8 Å². The van der Waals surface area contributed by atoms with Gasteiger partial charge in [0.2, 0.25) is 0 Å². The lowest BCUT2D eigenvalue weighted by Crippen LogP contribution is -2.44. The molecule has 10 heteroatoms. The molecule has 0 saturated carbocycles. The Labute approximate surface area is 237 Å². The molecule has 6 rings (SSSR count). The summed E-state index contributed by atoms with van der Waals surface area (Å²) in [4.78, 5) is 15.8. The van der Waals surface area contributed by atoms with Crippen LogP contribution in [-0.2, 0) is 0 Å². The number of hydrogen-bond acceptors (Lipinski definition) is 8. The first-order chi connectivity index (χ1) is 19.5. The van der Waals surface area contributed by atoms with Gasteiger partial charge in [0.05, 0.1) is 36.9 Å². The van der Waals surface area contributed by atoms with Crippen molar-refractivity contribution in [1.82, 2.24) is 14.9 Å². The average Bonchev–Trinajstić information content (AvgIpc) is 2.98. The second kappa shape index (κ2) is 11.2. The highest BCUT2D eigenvalue weighted by Crippen LogP contribution is 2.40. The van der Waals surface area contributed by atoms with E-state index in [2.05, 4.69) is 43.1 Å². The zero-order valence-corrected chi connectivity index (χ0v) is 23.2. The molecule has 0 amide bonds. The number of nitrogens with zero attached hydrogens (tertiary/aromatic N) is 5. The second-order valence-electron chi connectivity index (χ2n) is 9.86. The number of aromatic nitrogens is 2. The van der Waals surface area contributed by atoms with Gasteiger partial charge < -0.3 is 29.5 Å². The molecule has 1 saturated heterocycles. The molecule has 0 unspecified atom stereocenters. The van der Waals surface area contributed by atoms with Crippen LogP contribution < -0.4 is 24.6 Å². The first kappa shape index (κ1) is 26.2. The van der Waals surface area contributed by atoms with Crippen molar-refractivity contribution in [2.75, 3.05) is 68.6 Å². The number of pyridine rings is 2. The lowest BCUT2D eigenvalue weighted by atomic mass is 10.1. The van der Waals surface area contributed by atoms with E-state index in [4.69, 9.17) is 21.1 Å². The van der Waals surface area contributed by atoms with Gasteiger partial charge >= 0.3 is 0 Å². The first-order valence-electron chi connectivity index (χ1n) is 13.2. The van der Waals surface area contributed by atoms with Crippen molar-refractivity contribution < 1.29 is 13.9 Å². The minimum absolute atomic E-state index is 0.340. The summed E-state index contributed by atoms with van der Waals surface area (Å²) in [5.41, 5.74) is 4.51. The Bertz CT molecular complexity index is 1530. The number of anilines is 5. The van der Waals surface area contributed by atoms with Gasteiger partial charge in [-0.05, 0) is 49.5 Å². The van der Waals surface area contributed by atoms with Crippen LogP contribution in [0.3, 0.4) is 0 Å². The van der Waals surface area contributed by atoms with Crippen molar-refractivity contribution in [2.24, 2.45) is 0 Å². The largest absolute Gasteiger partial charge is 0.495 e. The Morgan fingerprint density at radius 2 is 1.80 bits per heavy atom. The summed E-state index contributed by atoms with van der Waals surface area (Å²) in [5, 5.41) is 3.86. The smallest absolute Gasteiger partial charge is 0.161 e. The van der Waals surface area contributed by atoms with Crippen molar-refractivity contribution in [2.45, 2.75) is 0 Å². The number of benzene rings is 2. The average molecular weight is 561 g/mol. The van der Waals surface area contributed by atoms with E-state index in [1.54, 1.807) is 25.6 Å². The van der Waals surface area contributed by atoms with Crippen LogP contribution in [0.2, 0.25) is 5.02 Å². The summed E-state index contributed by atoms with van der Waals surface area (Å²) in [6, 6.07) is 16.4. The number of nitrogens with one attached hydrogen (secondary N) is 1. The highest BCUT2D eigenvalue weighted by Gasteiger charge is 2.23. The Morgan fingerprint density at radius 1 is 0.950 bits per heavy atom. The van der Waals surface area contributed by atoms with Crippen LogP contribution in [0.5, 0.6) is 11.5 Å². The number of fused-ring (bicyclic) bond motifs is 1. The topological polar surface area (TPSA) is 66.0 Å². The van der Waals surface area contributed by atoms with Gasteiger partial charge in [0.1, 0.15) is 24.0 Å². The minimum Gasteiger partial charge on any atom is -0.495 e. The summed E-state index contributed by atoms with van der Waals surface area (Å²) in [6.45, 7) is 5.09. The maximum Gasteiger partial charge on any atom is 0.161 e. The number of likely N-dealkylation sites (N-methyl/N-ethyl adjacent to an activating group) is 1. The molecule has 4 aromatic rings. The molecule has 0 bridgehead atoms. The van der Waals surface area contributed by atoms with Crippen LogP contribution in [0.15, 0.2) is 67.0 Å². The van der Waals surface area contributed by atoms with E-state index in [0.717, 1.165) is 54.7 Å². The van der Waals surface area contributed by atoms with E-state index in [1.165, 1.54) is 12.1 Å². The molecule has 2 aliphatic heterocycles. The van der Waals surface area contributed by atoms with Crippen molar-refractivity contribution in [1.29, 1.82) is 0 Å². The van der Waals surface area contributed by atoms with Crippen LogP contribution in [0.4, 0.5) is 33.0 Å². The third kappa shape index (κ3) is 5.35. The van der Waals surface area contributed by atoms with Gasteiger partial charge in [-0.15, -0.1) is 0 Å². The van der Waals surface area contributed by atoms with E-state index in [0.29, 0.717) is 41.0 Å². The quantitative estimate of drug-likeness (QED) is 0.309. The molecule has 0 aliphatic carbocycles. The van der Waals surface area contributed by atoms with Crippen molar-refractivity contribution >= 4 is 40.2 Å². The summed E-state index contributed by atoms with van der Waals surface area (Å²) in [5.74, 6) is 1.76. The minimum atomic E-state index is -0.385. The van der Waals surface area contributed by atoms with E-state index in [-0.39, 0.29) is 5.82 Å². The predicted molar refractivity (Wildman–Crippen MR) is 157 cm³/mol. The Morgan fingerprint density at radius 3 is 2.62 bits per heavy atom. The monoisotopic (exact) mass is 560 g/mol. The zero-order chi connectivity index (χ0) is 27.6. The van der Waals surface area contributed by atoms with Gasteiger partial charge in [-0.1, -0.05) is 11.6 Å². The fourth-order valence-corrected chi connectivity index (χ4v) is 5.27. The normalized spacial score (nSPS) is 15.4. The van der Waals surface area contributed by atoms with E-state index in [1.807, 2.05) is 30.3 Å². The van der Waals surface area contributed by atoms with Gasteiger partial charge in [-0.3, -0.25) is 4.98 Å². The predicted octanol–water partition coefficient (Wildman–Crippen LogP) is 5.97. The molecule has 206 valence electrons. The summed E-state index contributed by atoms with van der Waals surface area (Å²) in [7, 11) is 3.85. The Balaban J connectivity index is 1.26. The summed E-state index contributed by atoms with van der Waals surface area (Å²) < 4.78 is 26.2. The maximum atomic E-state index is 14.6. The molecule has 0 radical (unpaired) electrons. The van der Waals surface area contributed by atoms with Crippen LogP contribution in [0.25, 0.3) is 11.3 Å². The highest BCUT2D eigenvalue weighted by molar-refractivity contribution is 6.30. The number of methoxy groups -OCH3 is 1. The van der Waals surface area contributed by atoms with E-state index >= 15 is 0 Å². The molecule has 8 nitrogen and oxygen atoms in total. The lowest BCUT2D eigenvalue weighted by molar-refractivity contribution is 0.311. The fourth-order valence-electron chi connectivity index (χ4n) is 5.10. The molecular formula is C30H30ClFN6O2. The van der Waals surface area contributed by atoms with Gasteiger partial charge in [0, 0.05) is 66.5 Å². The van der Waals surface area contributed by atoms with Crippen LogP contribution in [-0.4, -0.2) is 68.4 Å². The van der Waals surface area contributed by atoms with Gasteiger partial charge in [0.25, 0.3) is 0 Å². The van der Waals surface area contributed by atoms with Crippen LogP contribution in [0, 0.1) is 5.82 Å². The standard InChI is InChI=1S/C30H30ClFN6O2/c1-36-9-11-37(12-10-36)26-6-4-21(16-28(26)39-2)35-30-17-22(7-8-33-30)38-13-14-40-29-19-34-25(18-27(29)38)23-15-20(31)3-5-24(23)32/h3-8,15-19H,9-14H2,1-2H3,(H,33,35). The van der Waals surface area contributed by atoms with Crippen molar-refractivity contribution in [3.63, 3.8) is 0 Å². The third-order valence-corrected chi connectivity index (χ3v) is 7.50. The van der Waals surface area contributed by atoms with Crippen LogP contribution >= 0.6 is 11.6 Å². The summed E-state index contributed by atoms with van der Waals surface area (Å²) in [6.07, 6.45) is 3.40. The molecule has 2 aromatic heterocycles. The zero-order valence-electron chi connectivity index (χ0n) is 22.4. The fraction of sp³-hybridized carbons (Fsp3) is 0.267. The maximum absolute atomic E-state index is 14.6. The van der Waals surface area contributed by atoms with Gasteiger partial charge in [-0.2, -0.15) is 0 Å². The third-order valence-electron chi connectivity index (χ3n) is 7.27. The Kier molecular flexibility index (Phi) is 7.32. The van der Waals surface area contributed by atoms with Gasteiger partial charge in [0.15, 0.2) is 5.75 Å². The number of rotatable bonds is 6. The van der Waals surface area contributed by atoms with E-state index < -0.39 is 0 Å². The van der Waals surface area contributed by atoms with Crippen LogP contribution in [0.1, 0.15) is 0 Å². The molecule has 1 N–H and O–H groups in total. The van der Waals surface area contributed by atoms with E-state index in [9.17, 15) is 4.39 Å². The first-order valence-corrected chi connectivity index (χ1v) is 13.6.